The van der Waals surface area contributed by atoms with Crippen molar-refractivity contribution < 1.29 is 40.1 Å². The molecule has 2 saturated heterocycles. The van der Waals surface area contributed by atoms with Crippen LogP contribution in [0, 0.1) is 0 Å². The highest BCUT2D eigenvalue weighted by Crippen LogP contribution is 2.30. The first kappa shape index (κ1) is 25.9. The van der Waals surface area contributed by atoms with E-state index in [1.54, 1.807) is 0 Å². The van der Waals surface area contributed by atoms with Crippen LogP contribution in [0.3, 0.4) is 0 Å². The van der Waals surface area contributed by atoms with E-state index in [1.165, 1.54) is 24.5 Å². The van der Waals surface area contributed by atoms with Crippen molar-refractivity contribution >= 4 is 23.8 Å². The molecular weight excluding hydrogens is 484 g/mol. The Labute approximate surface area is 201 Å². The molecule has 4 rings (SSSR count). The standard InChI is InChI=1S/C20H26N6O10/c21-15-7(3-25(19(33)23-15)17-13(31)11(29)9(5-27)35-17)1-2-8-4-26(20(34)24-16(8)22)18-14(32)12(30)10(6-28)36-18/h1-4,9-14,17-18,27-32H,5-6H2,(H2,21,23,33)(H2,22,24,34)/b2-1+/t9-,10-,11-,12-,13-,14-,17?,18?/m1/s1. The van der Waals surface area contributed by atoms with Gasteiger partial charge in [0, 0.05) is 23.5 Å². The zero-order valence-corrected chi connectivity index (χ0v) is 18.6. The molecular formula is C20H26N6O10. The van der Waals surface area contributed by atoms with Crippen molar-refractivity contribution in [2.75, 3.05) is 24.7 Å². The molecule has 16 nitrogen and oxygen atoms in total. The zero-order valence-electron chi connectivity index (χ0n) is 18.6. The number of anilines is 2. The maximum atomic E-state index is 12.4. The Morgan fingerprint density at radius 2 is 1.11 bits per heavy atom. The van der Waals surface area contributed by atoms with Gasteiger partial charge in [-0.25, -0.2) is 9.59 Å². The van der Waals surface area contributed by atoms with Crippen LogP contribution in [0.4, 0.5) is 11.6 Å². The van der Waals surface area contributed by atoms with E-state index >= 15 is 0 Å². The number of nitrogens with two attached hydrogens (primary N) is 2. The number of aromatic nitrogens is 4. The lowest BCUT2D eigenvalue weighted by Crippen LogP contribution is -2.36. The molecule has 4 heterocycles. The Morgan fingerprint density at radius 1 is 0.750 bits per heavy atom. The van der Waals surface area contributed by atoms with E-state index in [2.05, 4.69) is 9.97 Å². The van der Waals surface area contributed by atoms with E-state index in [4.69, 9.17) is 20.9 Å². The fourth-order valence-electron chi connectivity index (χ4n) is 4.01. The quantitative estimate of drug-likeness (QED) is 0.182. The van der Waals surface area contributed by atoms with Crippen LogP contribution >= 0.6 is 0 Å². The maximum Gasteiger partial charge on any atom is 0.351 e. The average molecular weight is 510 g/mol. The van der Waals surface area contributed by atoms with E-state index in [1.807, 2.05) is 0 Å². The Kier molecular flexibility index (Phi) is 7.21. The molecule has 0 aromatic carbocycles. The monoisotopic (exact) mass is 510 g/mol. The largest absolute Gasteiger partial charge is 0.394 e. The minimum atomic E-state index is -1.53. The SMILES string of the molecule is Nc1nc(=O)n(C2O[C@H](CO)[C@@H](O)[C@H]2O)cc1/C=C/c1cn(C2O[C@H](CO)[C@@H](O)[C@H]2O)c(=O)nc1N. The number of rotatable bonds is 6. The second-order valence-electron chi connectivity index (χ2n) is 8.33. The molecule has 0 radical (unpaired) electrons. The number of aliphatic hydroxyl groups is 6. The summed E-state index contributed by atoms with van der Waals surface area (Å²) in [5, 5.41) is 59.0. The number of nitrogens with zero attached hydrogens (tertiary/aromatic N) is 4. The van der Waals surface area contributed by atoms with Crippen molar-refractivity contribution in [1.29, 1.82) is 0 Å². The van der Waals surface area contributed by atoms with Crippen LogP contribution in [0.15, 0.2) is 22.0 Å². The summed E-state index contributed by atoms with van der Waals surface area (Å²) in [6, 6.07) is 0. The van der Waals surface area contributed by atoms with Crippen molar-refractivity contribution in [1.82, 2.24) is 19.1 Å². The molecule has 0 amide bonds. The number of hydrogen-bond donors (Lipinski definition) is 8. The van der Waals surface area contributed by atoms with Crippen molar-refractivity contribution in [3.05, 3.63) is 44.5 Å². The van der Waals surface area contributed by atoms with Crippen LogP contribution in [-0.4, -0.2) is 99.6 Å². The molecule has 0 saturated carbocycles. The smallest absolute Gasteiger partial charge is 0.351 e. The highest BCUT2D eigenvalue weighted by Gasteiger charge is 2.45. The molecule has 2 unspecified atom stereocenters. The lowest BCUT2D eigenvalue weighted by atomic mass is 10.1. The second-order valence-corrected chi connectivity index (χ2v) is 8.33. The molecule has 0 spiro atoms. The number of hydrogen-bond acceptors (Lipinski definition) is 14. The molecule has 2 aromatic heterocycles. The normalized spacial score (nSPS) is 32.5. The van der Waals surface area contributed by atoms with Crippen molar-refractivity contribution in [2.24, 2.45) is 0 Å². The van der Waals surface area contributed by atoms with Crippen LogP contribution in [0.1, 0.15) is 23.6 Å². The van der Waals surface area contributed by atoms with Crippen LogP contribution in [-0.2, 0) is 9.47 Å². The summed E-state index contributed by atoms with van der Waals surface area (Å²) >= 11 is 0. The molecule has 0 bridgehead atoms. The van der Waals surface area contributed by atoms with Crippen LogP contribution in [0.5, 0.6) is 0 Å². The van der Waals surface area contributed by atoms with Gasteiger partial charge in [0.2, 0.25) is 0 Å². The predicted molar refractivity (Wildman–Crippen MR) is 121 cm³/mol. The summed E-state index contributed by atoms with van der Waals surface area (Å²) in [5.74, 6) is -0.384. The highest BCUT2D eigenvalue weighted by molar-refractivity contribution is 5.76. The fourth-order valence-corrected chi connectivity index (χ4v) is 4.01. The maximum absolute atomic E-state index is 12.4. The first-order chi connectivity index (χ1) is 17.1. The molecule has 2 aliphatic rings. The van der Waals surface area contributed by atoms with Gasteiger partial charge in [0.25, 0.3) is 0 Å². The van der Waals surface area contributed by atoms with E-state index in [0.717, 1.165) is 9.13 Å². The van der Waals surface area contributed by atoms with Gasteiger partial charge in [0.15, 0.2) is 12.5 Å². The van der Waals surface area contributed by atoms with Crippen molar-refractivity contribution in [2.45, 2.75) is 49.1 Å². The molecule has 196 valence electrons. The van der Waals surface area contributed by atoms with Crippen molar-refractivity contribution in [3.63, 3.8) is 0 Å². The Balaban J connectivity index is 1.67. The molecule has 8 atom stereocenters. The third-order valence-electron chi connectivity index (χ3n) is 6.05. The van der Waals surface area contributed by atoms with Gasteiger partial charge in [0.1, 0.15) is 48.3 Å². The van der Waals surface area contributed by atoms with E-state index in [-0.39, 0.29) is 22.8 Å². The van der Waals surface area contributed by atoms with Crippen LogP contribution < -0.4 is 22.8 Å². The first-order valence-electron chi connectivity index (χ1n) is 10.8. The predicted octanol–water partition coefficient (Wildman–Crippen LogP) is -4.64. The van der Waals surface area contributed by atoms with Gasteiger partial charge in [-0.1, -0.05) is 0 Å². The lowest BCUT2D eigenvalue weighted by Gasteiger charge is -2.18. The fraction of sp³-hybridized carbons (Fsp3) is 0.500. The minimum Gasteiger partial charge on any atom is -0.394 e. The topological polar surface area (TPSA) is 262 Å². The van der Waals surface area contributed by atoms with Crippen LogP contribution in [0.25, 0.3) is 12.2 Å². The molecule has 2 fully saturated rings. The number of aliphatic hydroxyl groups excluding tert-OH is 6. The molecule has 0 aliphatic carbocycles. The lowest BCUT2D eigenvalue weighted by molar-refractivity contribution is -0.0549. The Bertz CT molecular complexity index is 1170. The summed E-state index contributed by atoms with van der Waals surface area (Å²) in [6.07, 6.45) is -5.66. The van der Waals surface area contributed by atoms with Crippen molar-refractivity contribution in [3.8, 4) is 0 Å². The van der Waals surface area contributed by atoms with E-state index in [9.17, 15) is 40.2 Å². The van der Waals surface area contributed by atoms with Gasteiger partial charge in [-0.3, -0.25) is 9.13 Å². The van der Waals surface area contributed by atoms with Gasteiger partial charge in [0.05, 0.1) is 13.2 Å². The summed E-state index contributed by atoms with van der Waals surface area (Å²) < 4.78 is 12.5. The summed E-state index contributed by atoms with van der Waals surface area (Å²) in [5.41, 5.74) is 10.3. The molecule has 16 heteroatoms. The zero-order chi connectivity index (χ0) is 26.3. The number of ether oxygens (including phenoxy) is 2. The Morgan fingerprint density at radius 3 is 1.42 bits per heavy atom. The first-order valence-corrected chi connectivity index (χ1v) is 10.8. The minimum absolute atomic E-state index is 0.164. The van der Waals surface area contributed by atoms with Gasteiger partial charge >= 0.3 is 11.4 Å². The summed E-state index contributed by atoms with van der Waals surface area (Å²) in [4.78, 5) is 32.1. The highest BCUT2D eigenvalue weighted by atomic mass is 16.6. The molecule has 36 heavy (non-hydrogen) atoms. The third kappa shape index (κ3) is 4.51. The molecule has 10 N–H and O–H groups in total. The van der Waals surface area contributed by atoms with Gasteiger partial charge < -0.3 is 51.6 Å². The Hall–Kier alpha value is -3.22. The van der Waals surface area contributed by atoms with Gasteiger partial charge in [-0.05, 0) is 12.2 Å². The van der Waals surface area contributed by atoms with E-state index < -0.39 is 73.7 Å². The number of nitrogen functional groups attached to an aromatic ring is 2. The van der Waals surface area contributed by atoms with Crippen LogP contribution in [0.2, 0.25) is 0 Å². The second kappa shape index (κ2) is 10.0. The average Bonchev–Trinajstić information content (AvgIpc) is 3.29. The third-order valence-corrected chi connectivity index (χ3v) is 6.05. The van der Waals surface area contributed by atoms with Gasteiger partial charge in [-0.15, -0.1) is 0 Å². The summed E-state index contributed by atoms with van der Waals surface area (Å²) in [6.45, 7) is -1.17. The molecule has 2 aliphatic heterocycles. The molecule has 2 aromatic rings. The van der Waals surface area contributed by atoms with Gasteiger partial charge in [-0.2, -0.15) is 9.97 Å². The summed E-state index contributed by atoms with van der Waals surface area (Å²) in [7, 11) is 0. The van der Waals surface area contributed by atoms with E-state index in [0.29, 0.717) is 0 Å².